The van der Waals surface area contributed by atoms with Gasteiger partial charge in [0.1, 0.15) is 5.82 Å². The molecule has 0 bridgehead atoms. The predicted molar refractivity (Wildman–Crippen MR) is 104 cm³/mol. The second kappa shape index (κ2) is 9.39. The molecule has 3 nitrogen and oxygen atoms in total. The van der Waals surface area contributed by atoms with Gasteiger partial charge in [-0.05, 0) is 55.5 Å². The van der Waals surface area contributed by atoms with Crippen molar-refractivity contribution < 1.29 is 22.4 Å². The van der Waals surface area contributed by atoms with Crippen molar-refractivity contribution in [3.8, 4) is 0 Å². The third-order valence-corrected chi connectivity index (χ3v) is 5.19. The smallest absolute Gasteiger partial charge is 0.324 e. The molecule has 0 aromatic heterocycles. The Kier molecular flexibility index (Phi) is 6.90. The molecule has 0 saturated carbocycles. The van der Waals surface area contributed by atoms with Crippen molar-refractivity contribution in [3.05, 3.63) is 65.5 Å². The van der Waals surface area contributed by atoms with Crippen molar-refractivity contribution in [2.24, 2.45) is 5.92 Å². The van der Waals surface area contributed by atoms with E-state index in [1.165, 1.54) is 24.3 Å². The molecule has 1 N–H and O–H groups in total. The van der Waals surface area contributed by atoms with Crippen LogP contribution in [0.5, 0.6) is 0 Å². The summed E-state index contributed by atoms with van der Waals surface area (Å²) in [5.74, 6) is -0.406. The van der Waals surface area contributed by atoms with Gasteiger partial charge in [0.15, 0.2) is 0 Å². The molecule has 1 heterocycles. The fraction of sp³-hybridized carbons (Fsp3) is 0.409. The van der Waals surface area contributed by atoms with E-state index in [9.17, 15) is 22.4 Å². The molecule has 156 valence electrons. The summed E-state index contributed by atoms with van der Waals surface area (Å²) in [6, 6.07) is 11.5. The molecule has 1 aliphatic rings. The number of rotatable bonds is 6. The van der Waals surface area contributed by atoms with E-state index in [4.69, 9.17) is 0 Å². The summed E-state index contributed by atoms with van der Waals surface area (Å²) in [4.78, 5) is 14.3. The minimum atomic E-state index is -4.34. The van der Waals surface area contributed by atoms with Gasteiger partial charge in [-0.15, -0.1) is 0 Å². The fourth-order valence-corrected chi connectivity index (χ4v) is 3.75. The van der Waals surface area contributed by atoms with Crippen LogP contribution in [-0.2, 0) is 17.5 Å². The monoisotopic (exact) mass is 408 g/mol. The maximum absolute atomic E-state index is 13.6. The van der Waals surface area contributed by atoms with Gasteiger partial charge in [0.25, 0.3) is 0 Å². The summed E-state index contributed by atoms with van der Waals surface area (Å²) >= 11 is 0. The highest BCUT2D eigenvalue weighted by Crippen LogP contribution is 2.30. The summed E-state index contributed by atoms with van der Waals surface area (Å²) in [5.41, 5.74) is 0.179. The zero-order chi connectivity index (χ0) is 20.9. The molecule has 3 rings (SSSR count). The Morgan fingerprint density at radius 1 is 1.14 bits per heavy atom. The number of piperidine rings is 1. The lowest BCUT2D eigenvalue weighted by atomic mass is 9.93. The molecule has 29 heavy (non-hydrogen) atoms. The number of amides is 1. The van der Waals surface area contributed by atoms with Gasteiger partial charge in [-0.2, -0.15) is 13.2 Å². The van der Waals surface area contributed by atoms with Gasteiger partial charge in [-0.25, -0.2) is 4.39 Å². The van der Waals surface area contributed by atoms with Crippen LogP contribution in [-0.4, -0.2) is 23.9 Å². The molecule has 1 saturated heterocycles. The number of nitrogens with one attached hydrogen (secondary N) is 1. The fourth-order valence-electron chi connectivity index (χ4n) is 3.75. The van der Waals surface area contributed by atoms with E-state index in [1.807, 2.05) is 0 Å². The van der Waals surface area contributed by atoms with Gasteiger partial charge in [0.2, 0.25) is 5.91 Å². The Bertz CT molecular complexity index is 838. The number of alkyl halides is 3. The standard InChI is InChI=1S/C22H24F4N2O/c23-19-8-1-2-9-20(19)27-21(29)11-10-16-6-4-12-28(14-16)15-17-5-3-7-18(13-17)22(24,25)26/h1-3,5,7-9,13,16H,4,6,10-12,14-15H2,(H,27,29). The van der Waals surface area contributed by atoms with Crippen LogP contribution in [0.25, 0.3) is 0 Å². The van der Waals surface area contributed by atoms with Gasteiger partial charge in [-0.3, -0.25) is 9.69 Å². The SMILES string of the molecule is O=C(CCC1CCCN(Cc2cccc(C(F)(F)F)c2)C1)Nc1ccccc1F. The van der Waals surface area contributed by atoms with Crippen LogP contribution < -0.4 is 5.32 Å². The van der Waals surface area contributed by atoms with E-state index in [0.717, 1.165) is 32.0 Å². The van der Waals surface area contributed by atoms with Crippen molar-refractivity contribution in [3.63, 3.8) is 0 Å². The van der Waals surface area contributed by atoms with Crippen LogP contribution in [0.1, 0.15) is 36.8 Å². The molecular formula is C22H24F4N2O. The van der Waals surface area contributed by atoms with Crippen LogP contribution in [0, 0.1) is 11.7 Å². The van der Waals surface area contributed by atoms with Crippen LogP contribution >= 0.6 is 0 Å². The number of carbonyl (C=O) groups is 1. The van der Waals surface area contributed by atoms with E-state index in [1.54, 1.807) is 18.2 Å². The molecular weight excluding hydrogens is 384 g/mol. The second-order valence-corrected chi connectivity index (χ2v) is 7.51. The third kappa shape index (κ3) is 6.29. The lowest BCUT2D eigenvalue weighted by molar-refractivity contribution is -0.137. The summed E-state index contributed by atoms with van der Waals surface area (Å²) in [6.07, 6.45) is -1.47. The van der Waals surface area contributed by atoms with E-state index in [-0.39, 0.29) is 18.0 Å². The summed E-state index contributed by atoms with van der Waals surface area (Å²) in [6.45, 7) is 2.03. The Labute approximate surface area is 167 Å². The van der Waals surface area contributed by atoms with Crippen molar-refractivity contribution >= 4 is 11.6 Å². The van der Waals surface area contributed by atoms with Crippen LogP contribution in [0.4, 0.5) is 23.2 Å². The van der Waals surface area contributed by atoms with Crippen molar-refractivity contribution in [2.45, 2.75) is 38.4 Å². The Balaban J connectivity index is 1.49. The van der Waals surface area contributed by atoms with Crippen LogP contribution in [0.3, 0.4) is 0 Å². The molecule has 1 amide bonds. The first kappa shape index (κ1) is 21.3. The largest absolute Gasteiger partial charge is 0.416 e. The van der Waals surface area contributed by atoms with Crippen molar-refractivity contribution in [1.82, 2.24) is 4.90 Å². The predicted octanol–water partition coefficient (Wildman–Crippen LogP) is 5.48. The number of hydrogen-bond donors (Lipinski definition) is 1. The van der Waals surface area contributed by atoms with Gasteiger partial charge in [0.05, 0.1) is 11.3 Å². The minimum Gasteiger partial charge on any atom is -0.324 e. The molecule has 0 radical (unpaired) electrons. The lowest BCUT2D eigenvalue weighted by Crippen LogP contribution is -2.35. The number of halogens is 4. The van der Waals surface area contributed by atoms with E-state index < -0.39 is 17.6 Å². The molecule has 0 spiro atoms. The highest BCUT2D eigenvalue weighted by molar-refractivity contribution is 5.90. The second-order valence-electron chi connectivity index (χ2n) is 7.51. The number of anilines is 1. The Morgan fingerprint density at radius 3 is 2.69 bits per heavy atom. The number of benzene rings is 2. The van der Waals surface area contributed by atoms with Gasteiger partial charge in [-0.1, -0.05) is 30.3 Å². The van der Waals surface area contributed by atoms with Crippen molar-refractivity contribution in [2.75, 3.05) is 18.4 Å². The first-order valence-corrected chi connectivity index (χ1v) is 9.74. The van der Waals surface area contributed by atoms with Crippen molar-refractivity contribution in [1.29, 1.82) is 0 Å². The molecule has 7 heteroatoms. The number of nitrogens with zero attached hydrogens (tertiary/aromatic N) is 1. The number of likely N-dealkylation sites (tertiary alicyclic amines) is 1. The van der Waals surface area contributed by atoms with Crippen LogP contribution in [0.15, 0.2) is 48.5 Å². The lowest BCUT2D eigenvalue weighted by Gasteiger charge is -2.32. The molecule has 2 aromatic rings. The number of hydrogen-bond acceptors (Lipinski definition) is 2. The van der Waals surface area contributed by atoms with Crippen LogP contribution in [0.2, 0.25) is 0 Å². The summed E-state index contributed by atoms with van der Waals surface area (Å²) in [5, 5.41) is 2.59. The first-order valence-electron chi connectivity index (χ1n) is 9.74. The highest BCUT2D eigenvalue weighted by atomic mass is 19.4. The number of para-hydroxylation sites is 1. The van der Waals surface area contributed by atoms with Gasteiger partial charge in [0, 0.05) is 19.5 Å². The third-order valence-electron chi connectivity index (χ3n) is 5.19. The topological polar surface area (TPSA) is 32.3 Å². The van der Waals surface area contributed by atoms with E-state index >= 15 is 0 Å². The molecule has 1 aliphatic heterocycles. The zero-order valence-electron chi connectivity index (χ0n) is 16.0. The van der Waals surface area contributed by atoms with Gasteiger partial charge >= 0.3 is 6.18 Å². The van der Waals surface area contributed by atoms with E-state index in [2.05, 4.69) is 10.2 Å². The maximum atomic E-state index is 13.6. The maximum Gasteiger partial charge on any atom is 0.416 e. The average molecular weight is 408 g/mol. The molecule has 1 atom stereocenters. The van der Waals surface area contributed by atoms with Gasteiger partial charge < -0.3 is 5.32 Å². The summed E-state index contributed by atoms with van der Waals surface area (Å²) in [7, 11) is 0. The quantitative estimate of drug-likeness (QED) is 0.643. The van der Waals surface area contributed by atoms with E-state index in [0.29, 0.717) is 24.4 Å². The molecule has 1 unspecified atom stereocenters. The first-order chi connectivity index (χ1) is 13.8. The zero-order valence-corrected chi connectivity index (χ0v) is 16.0. The Morgan fingerprint density at radius 2 is 1.93 bits per heavy atom. The normalized spacial score (nSPS) is 17.9. The Hall–Kier alpha value is -2.41. The minimum absolute atomic E-state index is 0.173. The summed E-state index contributed by atoms with van der Waals surface area (Å²) < 4.78 is 52.3. The average Bonchev–Trinajstić information content (AvgIpc) is 2.68. The highest BCUT2D eigenvalue weighted by Gasteiger charge is 2.30. The molecule has 1 fully saturated rings. The number of carbonyl (C=O) groups excluding carboxylic acids is 1. The molecule has 0 aliphatic carbocycles. The molecule has 2 aromatic carbocycles.